The van der Waals surface area contributed by atoms with Crippen LogP contribution in [0.4, 0.5) is 0 Å². The molecule has 0 aliphatic heterocycles. The van der Waals surface area contributed by atoms with Gasteiger partial charge in [0.05, 0.1) is 4.90 Å². The van der Waals surface area contributed by atoms with Crippen LogP contribution in [0.25, 0.3) is 0 Å². The van der Waals surface area contributed by atoms with Gasteiger partial charge in [-0.05, 0) is 24.3 Å². The highest BCUT2D eigenvalue weighted by molar-refractivity contribution is 7.91. The summed E-state index contributed by atoms with van der Waals surface area (Å²) in [4.78, 5) is 10.7. The Kier molecular flexibility index (Phi) is 3.26. The first-order valence-electron chi connectivity index (χ1n) is 5.29. The molecule has 0 heterocycles. The smallest absolute Gasteiger partial charge is 0.210 e. The summed E-state index contributed by atoms with van der Waals surface area (Å²) < 4.78 is 24.6. The second-order valence-corrected chi connectivity index (χ2v) is 5.71. The molecule has 2 aromatic rings. The molecule has 0 aliphatic rings. The maximum atomic E-state index is 12.3. The van der Waals surface area contributed by atoms with E-state index in [1.54, 1.807) is 6.07 Å². The first kappa shape index (κ1) is 13.1. The minimum absolute atomic E-state index is 0.0738. The van der Waals surface area contributed by atoms with Gasteiger partial charge < -0.3 is 10.2 Å². The summed E-state index contributed by atoms with van der Waals surface area (Å²) in [6.07, 6.45) is 0. The normalized spacial score (nSPS) is 11.2. The van der Waals surface area contributed by atoms with Crippen molar-refractivity contribution in [2.24, 2.45) is 0 Å². The van der Waals surface area contributed by atoms with Crippen molar-refractivity contribution in [1.82, 2.24) is 0 Å². The molecular weight excluding hydrogens is 268 g/mol. The van der Waals surface area contributed by atoms with Crippen LogP contribution in [0.3, 0.4) is 0 Å². The van der Waals surface area contributed by atoms with Crippen LogP contribution in [0.15, 0.2) is 63.1 Å². The summed E-state index contributed by atoms with van der Waals surface area (Å²) in [5.41, 5.74) is -0.634. The first-order valence-corrected chi connectivity index (χ1v) is 6.77. The molecule has 0 saturated carbocycles. The van der Waals surface area contributed by atoms with Crippen LogP contribution >= 0.6 is 0 Å². The van der Waals surface area contributed by atoms with Crippen LogP contribution in [0.2, 0.25) is 0 Å². The van der Waals surface area contributed by atoms with Gasteiger partial charge in [0, 0.05) is 6.07 Å². The lowest BCUT2D eigenvalue weighted by molar-refractivity contribution is 0.395. The Balaban J connectivity index is 2.80. The maximum Gasteiger partial charge on any atom is 0.210 e. The molecule has 0 amide bonds. The third kappa shape index (κ3) is 2.43. The topological polar surface area (TPSA) is 91.7 Å². The van der Waals surface area contributed by atoms with Crippen LogP contribution in [0, 0.1) is 0 Å². The Morgan fingerprint density at radius 2 is 1.53 bits per heavy atom. The van der Waals surface area contributed by atoms with E-state index in [9.17, 15) is 23.4 Å². The lowest BCUT2D eigenvalue weighted by Crippen LogP contribution is -2.04. The summed E-state index contributed by atoms with van der Waals surface area (Å²) in [7, 11) is -4.07. The minimum Gasteiger partial charge on any atom is -0.504 e. The zero-order valence-electron chi connectivity index (χ0n) is 9.65. The van der Waals surface area contributed by atoms with E-state index in [0.29, 0.717) is 0 Å². The lowest BCUT2D eigenvalue weighted by atomic mass is 10.4. The van der Waals surface area contributed by atoms with Crippen molar-refractivity contribution < 1.29 is 18.6 Å². The highest BCUT2D eigenvalue weighted by Gasteiger charge is 2.22. The van der Waals surface area contributed by atoms with Gasteiger partial charge in [0.25, 0.3) is 0 Å². The quantitative estimate of drug-likeness (QED) is 0.863. The molecule has 19 heavy (non-hydrogen) atoms. The van der Waals surface area contributed by atoms with Crippen molar-refractivity contribution in [3.8, 4) is 11.5 Å². The van der Waals surface area contributed by atoms with Crippen LogP contribution in [0.5, 0.6) is 11.5 Å². The third-order valence-corrected chi connectivity index (χ3v) is 4.28. The van der Waals surface area contributed by atoms with Crippen LogP contribution in [-0.4, -0.2) is 18.6 Å². The molecule has 5 nitrogen and oxygen atoms in total. The predicted octanol–water partition coefficient (Wildman–Crippen LogP) is 1.29. The Hall–Kier alpha value is -2.34. The molecule has 0 spiro atoms. The van der Waals surface area contributed by atoms with Gasteiger partial charge in [-0.25, -0.2) is 8.42 Å². The second-order valence-electron chi connectivity index (χ2n) is 3.79. The van der Waals surface area contributed by atoms with Gasteiger partial charge in [0.2, 0.25) is 9.84 Å². The van der Waals surface area contributed by atoms with Gasteiger partial charge in [-0.3, -0.25) is 4.79 Å². The SMILES string of the molecule is O=c1ccc(O)c(O)c(S(=O)(=O)c2ccccc2)c1. The Bertz CT molecular complexity index is 767. The van der Waals surface area contributed by atoms with Gasteiger partial charge in [-0.1, -0.05) is 18.2 Å². The average Bonchev–Trinajstić information content (AvgIpc) is 2.53. The van der Waals surface area contributed by atoms with Crippen LogP contribution in [-0.2, 0) is 9.84 Å². The second kappa shape index (κ2) is 4.74. The molecule has 0 aromatic heterocycles. The van der Waals surface area contributed by atoms with Gasteiger partial charge in [0.15, 0.2) is 16.9 Å². The number of benzene rings is 1. The number of hydrogen-bond donors (Lipinski definition) is 2. The summed E-state index contributed by atoms with van der Waals surface area (Å²) >= 11 is 0. The monoisotopic (exact) mass is 278 g/mol. The Morgan fingerprint density at radius 3 is 2.16 bits per heavy atom. The molecule has 0 atom stereocenters. The molecule has 0 aliphatic carbocycles. The molecular formula is C13H10O5S. The highest BCUT2D eigenvalue weighted by Crippen LogP contribution is 2.32. The van der Waals surface area contributed by atoms with E-state index in [2.05, 4.69) is 0 Å². The van der Waals surface area contributed by atoms with E-state index >= 15 is 0 Å². The zero-order chi connectivity index (χ0) is 14.0. The van der Waals surface area contributed by atoms with Gasteiger partial charge in [-0.15, -0.1) is 0 Å². The van der Waals surface area contributed by atoms with Gasteiger partial charge in [0.1, 0.15) is 4.90 Å². The lowest BCUT2D eigenvalue weighted by Gasteiger charge is -2.04. The number of aromatic hydroxyl groups is 2. The van der Waals surface area contributed by atoms with Crippen LogP contribution in [0.1, 0.15) is 0 Å². The minimum atomic E-state index is -4.07. The molecule has 98 valence electrons. The van der Waals surface area contributed by atoms with E-state index in [1.807, 2.05) is 0 Å². The number of sulfone groups is 1. The predicted molar refractivity (Wildman–Crippen MR) is 67.9 cm³/mol. The van der Waals surface area contributed by atoms with E-state index in [0.717, 1.165) is 18.2 Å². The fourth-order valence-corrected chi connectivity index (χ4v) is 2.94. The van der Waals surface area contributed by atoms with E-state index in [4.69, 9.17) is 0 Å². The first-order chi connectivity index (χ1) is 8.93. The standard InChI is InChI=1S/C13H10O5S/c14-9-6-7-11(15)13(16)12(8-9)19(17,18)10-4-2-1-3-5-10/h1-8,15-16H. The summed E-state index contributed by atoms with van der Waals surface area (Å²) in [6.45, 7) is 0. The molecule has 0 radical (unpaired) electrons. The molecule has 2 N–H and O–H groups in total. The van der Waals surface area contributed by atoms with Crippen molar-refractivity contribution in [3.63, 3.8) is 0 Å². The zero-order valence-corrected chi connectivity index (χ0v) is 10.5. The van der Waals surface area contributed by atoms with Gasteiger partial charge in [-0.2, -0.15) is 0 Å². The Morgan fingerprint density at radius 1 is 0.895 bits per heavy atom. The van der Waals surface area contributed by atoms with Crippen molar-refractivity contribution in [3.05, 3.63) is 58.8 Å². The molecule has 0 bridgehead atoms. The van der Waals surface area contributed by atoms with E-state index < -0.39 is 31.7 Å². The van der Waals surface area contributed by atoms with Crippen molar-refractivity contribution in [2.75, 3.05) is 0 Å². The summed E-state index contributed by atoms with van der Waals surface area (Å²) in [5, 5.41) is 19.2. The number of rotatable bonds is 2. The maximum absolute atomic E-state index is 12.3. The van der Waals surface area contributed by atoms with Crippen LogP contribution < -0.4 is 5.43 Å². The molecule has 2 rings (SSSR count). The van der Waals surface area contributed by atoms with Gasteiger partial charge >= 0.3 is 0 Å². The van der Waals surface area contributed by atoms with E-state index in [-0.39, 0.29) is 4.90 Å². The molecule has 0 fully saturated rings. The fourth-order valence-electron chi connectivity index (χ4n) is 1.54. The highest BCUT2D eigenvalue weighted by atomic mass is 32.2. The van der Waals surface area contributed by atoms with Crippen molar-refractivity contribution >= 4 is 9.84 Å². The molecule has 6 heteroatoms. The van der Waals surface area contributed by atoms with Crippen molar-refractivity contribution in [2.45, 2.75) is 9.79 Å². The molecule has 0 saturated heterocycles. The molecule has 0 unspecified atom stereocenters. The number of hydrogen-bond acceptors (Lipinski definition) is 5. The summed E-state index contributed by atoms with van der Waals surface area (Å²) in [6, 6.07) is 10.0. The van der Waals surface area contributed by atoms with E-state index in [1.165, 1.54) is 24.3 Å². The molecule has 2 aromatic carbocycles. The average molecular weight is 278 g/mol. The van der Waals surface area contributed by atoms with Crippen molar-refractivity contribution in [1.29, 1.82) is 0 Å². The summed E-state index contributed by atoms with van der Waals surface area (Å²) in [5.74, 6) is -1.51. The fraction of sp³-hybridized carbons (Fsp3) is 0. The largest absolute Gasteiger partial charge is 0.504 e. The third-order valence-electron chi connectivity index (χ3n) is 2.50. The Labute approximate surface area is 109 Å².